The summed E-state index contributed by atoms with van der Waals surface area (Å²) >= 11 is 0. The van der Waals surface area contributed by atoms with Gasteiger partial charge in [-0.1, -0.05) is 6.42 Å². The zero-order valence-electron chi connectivity index (χ0n) is 12.8. The van der Waals surface area contributed by atoms with E-state index in [0.717, 1.165) is 24.8 Å². The van der Waals surface area contributed by atoms with Crippen LogP contribution in [0.1, 0.15) is 51.0 Å². The van der Waals surface area contributed by atoms with Crippen LogP contribution in [0.15, 0.2) is 18.3 Å². The summed E-state index contributed by atoms with van der Waals surface area (Å²) in [5, 5.41) is 16.8. The number of aromatic nitrogens is 2. The maximum atomic E-state index is 14.2. The van der Waals surface area contributed by atoms with Gasteiger partial charge in [0.25, 0.3) is 0 Å². The van der Waals surface area contributed by atoms with Crippen molar-refractivity contribution in [3.63, 3.8) is 0 Å². The molecule has 2 N–H and O–H groups in total. The van der Waals surface area contributed by atoms with Crippen molar-refractivity contribution in [1.82, 2.24) is 9.61 Å². The number of rotatable bonds is 4. The summed E-state index contributed by atoms with van der Waals surface area (Å²) in [5.74, 6) is -0.0207. The predicted octanol–water partition coefficient (Wildman–Crippen LogP) is 2.84. The standard InChI is InChI=1S/C16H20FN3O2/c1-16(2,22)9-12(21)18-15-13(10-5-3-6-10)14-11(17)7-4-8-20(14)19-15/h4,7-8,10,22H,3,5-6,9H2,1-2H3,(H,18,19,21). The van der Waals surface area contributed by atoms with Crippen molar-refractivity contribution < 1.29 is 14.3 Å². The third-order valence-electron chi connectivity index (χ3n) is 4.01. The summed E-state index contributed by atoms with van der Waals surface area (Å²) in [7, 11) is 0. The predicted molar refractivity (Wildman–Crippen MR) is 81.3 cm³/mol. The normalized spacial score (nSPS) is 15.8. The number of nitrogens with zero attached hydrogens (tertiary/aromatic N) is 2. The second kappa shape index (κ2) is 5.35. The molecule has 118 valence electrons. The highest BCUT2D eigenvalue weighted by molar-refractivity contribution is 5.92. The first kappa shape index (κ1) is 15.0. The van der Waals surface area contributed by atoms with Gasteiger partial charge in [0.15, 0.2) is 5.82 Å². The van der Waals surface area contributed by atoms with E-state index in [1.807, 2.05) is 0 Å². The van der Waals surface area contributed by atoms with Gasteiger partial charge in [-0.15, -0.1) is 5.10 Å². The minimum atomic E-state index is -1.09. The number of hydrogen-bond donors (Lipinski definition) is 2. The first-order chi connectivity index (χ1) is 10.3. The zero-order chi connectivity index (χ0) is 15.9. The second-order valence-electron chi connectivity index (χ2n) is 6.58. The van der Waals surface area contributed by atoms with Gasteiger partial charge in [-0.25, -0.2) is 8.91 Å². The topological polar surface area (TPSA) is 66.6 Å². The molecule has 2 aromatic heterocycles. The van der Waals surface area contributed by atoms with Crippen molar-refractivity contribution in [3.8, 4) is 0 Å². The van der Waals surface area contributed by atoms with Crippen LogP contribution < -0.4 is 5.32 Å². The fourth-order valence-electron chi connectivity index (χ4n) is 2.83. The largest absolute Gasteiger partial charge is 0.390 e. The first-order valence-electron chi connectivity index (χ1n) is 7.54. The van der Waals surface area contributed by atoms with E-state index in [1.54, 1.807) is 26.1 Å². The second-order valence-corrected chi connectivity index (χ2v) is 6.58. The molecule has 3 rings (SSSR count). The average molecular weight is 305 g/mol. The van der Waals surface area contributed by atoms with Crippen LogP contribution in [0.5, 0.6) is 0 Å². The Kier molecular flexibility index (Phi) is 3.64. The molecular weight excluding hydrogens is 285 g/mol. The third kappa shape index (κ3) is 2.83. The monoisotopic (exact) mass is 305 g/mol. The van der Waals surface area contributed by atoms with E-state index in [9.17, 15) is 14.3 Å². The molecule has 0 aliphatic heterocycles. The number of nitrogens with one attached hydrogen (secondary N) is 1. The molecule has 5 nitrogen and oxygen atoms in total. The smallest absolute Gasteiger partial charge is 0.228 e. The quantitative estimate of drug-likeness (QED) is 0.913. The first-order valence-corrected chi connectivity index (χ1v) is 7.54. The van der Waals surface area contributed by atoms with Crippen LogP contribution in [0.3, 0.4) is 0 Å². The van der Waals surface area contributed by atoms with E-state index in [-0.39, 0.29) is 24.1 Å². The van der Waals surface area contributed by atoms with Gasteiger partial charge in [0.2, 0.25) is 5.91 Å². The van der Waals surface area contributed by atoms with Crippen LogP contribution >= 0.6 is 0 Å². The zero-order valence-corrected chi connectivity index (χ0v) is 12.8. The van der Waals surface area contributed by atoms with E-state index < -0.39 is 5.60 Å². The van der Waals surface area contributed by atoms with Crippen molar-refractivity contribution in [3.05, 3.63) is 29.7 Å². The maximum Gasteiger partial charge on any atom is 0.228 e. The summed E-state index contributed by atoms with van der Waals surface area (Å²) in [6.45, 7) is 3.14. The fourth-order valence-corrected chi connectivity index (χ4v) is 2.83. The van der Waals surface area contributed by atoms with Gasteiger partial charge < -0.3 is 10.4 Å². The van der Waals surface area contributed by atoms with Crippen LogP contribution in [-0.4, -0.2) is 26.2 Å². The van der Waals surface area contributed by atoms with Crippen LogP contribution in [0.2, 0.25) is 0 Å². The molecule has 22 heavy (non-hydrogen) atoms. The Labute approximate surface area is 128 Å². The summed E-state index contributed by atoms with van der Waals surface area (Å²) < 4.78 is 15.7. The third-order valence-corrected chi connectivity index (χ3v) is 4.01. The molecule has 1 fully saturated rings. The van der Waals surface area contributed by atoms with E-state index in [2.05, 4.69) is 10.4 Å². The summed E-state index contributed by atoms with van der Waals surface area (Å²) in [6, 6.07) is 2.99. The number of aliphatic hydroxyl groups is 1. The molecule has 0 saturated heterocycles. The number of carbonyl (C=O) groups excluding carboxylic acids is 1. The Balaban J connectivity index is 1.98. The van der Waals surface area contributed by atoms with Gasteiger partial charge in [-0.05, 0) is 44.7 Å². The molecule has 0 unspecified atom stereocenters. The lowest BCUT2D eigenvalue weighted by atomic mass is 9.80. The SMILES string of the molecule is CC(C)(O)CC(=O)Nc1nn2cccc(F)c2c1C1CCC1. The van der Waals surface area contributed by atoms with Gasteiger partial charge in [-0.2, -0.15) is 0 Å². The number of carbonyl (C=O) groups is 1. The van der Waals surface area contributed by atoms with Gasteiger partial charge in [0.05, 0.1) is 12.0 Å². The Bertz CT molecular complexity index is 714. The average Bonchev–Trinajstić information content (AvgIpc) is 2.64. The van der Waals surface area contributed by atoms with E-state index >= 15 is 0 Å². The molecule has 1 aliphatic carbocycles. The lowest BCUT2D eigenvalue weighted by Crippen LogP contribution is -2.27. The number of halogens is 1. The van der Waals surface area contributed by atoms with Crippen molar-refractivity contribution in [2.24, 2.45) is 0 Å². The van der Waals surface area contributed by atoms with Crippen LogP contribution in [0.25, 0.3) is 5.52 Å². The lowest BCUT2D eigenvalue weighted by Gasteiger charge is -2.26. The van der Waals surface area contributed by atoms with Gasteiger partial charge >= 0.3 is 0 Å². The molecule has 2 heterocycles. The Morgan fingerprint density at radius 1 is 1.55 bits per heavy atom. The molecule has 0 radical (unpaired) electrons. The van der Waals surface area contributed by atoms with Crippen molar-refractivity contribution in [2.75, 3.05) is 5.32 Å². The minimum Gasteiger partial charge on any atom is -0.390 e. The Hall–Kier alpha value is -1.95. The number of pyridine rings is 1. The molecule has 0 spiro atoms. The molecule has 0 aromatic carbocycles. The van der Waals surface area contributed by atoms with Crippen LogP contribution in [0, 0.1) is 5.82 Å². The summed E-state index contributed by atoms with van der Waals surface area (Å²) in [5.41, 5.74) is 0.115. The molecule has 0 bridgehead atoms. The number of hydrogen-bond acceptors (Lipinski definition) is 3. The fraction of sp³-hybridized carbons (Fsp3) is 0.500. The number of anilines is 1. The van der Waals surface area contributed by atoms with E-state index in [1.165, 1.54) is 10.6 Å². The lowest BCUT2D eigenvalue weighted by molar-refractivity contribution is -0.119. The van der Waals surface area contributed by atoms with Crippen LogP contribution in [-0.2, 0) is 4.79 Å². The highest BCUT2D eigenvalue weighted by Crippen LogP contribution is 2.42. The van der Waals surface area contributed by atoms with Gasteiger partial charge in [-0.3, -0.25) is 4.79 Å². The van der Waals surface area contributed by atoms with Crippen molar-refractivity contribution in [1.29, 1.82) is 0 Å². The van der Waals surface area contributed by atoms with Crippen LogP contribution in [0.4, 0.5) is 10.2 Å². The maximum absolute atomic E-state index is 14.2. The molecule has 1 amide bonds. The van der Waals surface area contributed by atoms with E-state index in [0.29, 0.717) is 11.3 Å². The van der Waals surface area contributed by atoms with Gasteiger partial charge in [0.1, 0.15) is 11.3 Å². The number of fused-ring (bicyclic) bond motifs is 1. The summed E-state index contributed by atoms with van der Waals surface area (Å²) in [4.78, 5) is 12.1. The number of amides is 1. The Morgan fingerprint density at radius 2 is 2.27 bits per heavy atom. The minimum absolute atomic E-state index is 0.0343. The highest BCUT2D eigenvalue weighted by Gasteiger charge is 2.29. The Morgan fingerprint density at radius 3 is 2.86 bits per heavy atom. The van der Waals surface area contributed by atoms with Gasteiger partial charge in [0, 0.05) is 11.8 Å². The molecule has 2 aromatic rings. The van der Waals surface area contributed by atoms with Crippen molar-refractivity contribution >= 4 is 17.2 Å². The van der Waals surface area contributed by atoms with E-state index in [4.69, 9.17) is 0 Å². The highest BCUT2D eigenvalue weighted by atomic mass is 19.1. The molecule has 1 aliphatic rings. The molecule has 6 heteroatoms. The van der Waals surface area contributed by atoms with Crippen molar-refractivity contribution in [2.45, 2.75) is 51.0 Å². The summed E-state index contributed by atoms with van der Waals surface area (Å²) in [6.07, 6.45) is 4.70. The molecule has 0 atom stereocenters. The molecular formula is C16H20FN3O2. The molecule has 1 saturated carbocycles.